The van der Waals surface area contributed by atoms with Crippen molar-refractivity contribution in [3.63, 3.8) is 0 Å². The third kappa shape index (κ3) is 4.50. The van der Waals surface area contributed by atoms with E-state index < -0.39 is 35.1 Å². The van der Waals surface area contributed by atoms with Crippen LogP contribution in [0.3, 0.4) is 0 Å². The number of primary amides is 1. The van der Waals surface area contributed by atoms with Gasteiger partial charge in [0.05, 0.1) is 12.1 Å². The largest absolute Gasteiger partial charge is 0.477 e. The fourth-order valence-corrected chi connectivity index (χ4v) is 6.36. The summed E-state index contributed by atoms with van der Waals surface area (Å²) in [6, 6.07) is -0.912. The molecule has 2 atom stereocenters. The number of rotatable bonds is 9. The van der Waals surface area contributed by atoms with Crippen LogP contribution in [0.15, 0.2) is 21.8 Å². The first-order valence-corrected chi connectivity index (χ1v) is 12.4. The minimum Gasteiger partial charge on any atom is -0.477 e. The number of aliphatic carboxylic acids is 1. The lowest BCUT2D eigenvalue weighted by Gasteiger charge is -2.49. The van der Waals surface area contributed by atoms with E-state index in [9.17, 15) is 29.5 Å². The summed E-state index contributed by atoms with van der Waals surface area (Å²) in [5.74, 6) is -2.57. The molecule has 34 heavy (non-hydrogen) atoms. The number of carboxylic acid groups (broad SMARTS) is 1. The van der Waals surface area contributed by atoms with Gasteiger partial charge in [0.1, 0.15) is 23.7 Å². The summed E-state index contributed by atoms with van der Waals surface area (Å²) in [7, 11) is 0. The van der Waals surface area contributed by atoms with Gasteiger partial charge in [0.2, 0.25) is 21.8 Å². The number of thioether (sulfide) groups is 2. The number of tetrazole rings is 1. The highest BCUT2D eigenvalue weighted by atomic mass is 32.2. The van der Waals surface area contributed by atoms with Crippen LogP contribution in [0, 0.1) is 5.41 Å². The van der Waals surface area contributed by atoms with E-state index >= 15 is 0 Å². The second kappa shape index (κ2) is 9.47. The molecule has 3 amide bonds. The maximum Gasteiger partial charge on any atom is 0.352 e. The van der Waals surface area contributed by atoms with Crippen molar-refractivity contribution >= 4 is 58.6 Å². The fraction of sp³-hybridized carbons (Fsp3) is 0.375. The number of aromatic nitrogens is 5. The van der Waals surface area contributed by atoms with Crippen molar-refractivity contribution < 1.29 is 29.5 Å². The maximum absolute atomic E-state index is 12.7. The van der Waals surface area contributed by atoms with Crippen LogP contribution in [0.5, 0.6) is 0 Å². The van der Waals surface area contributed by atoms with Gasteiger partial charge in [0.25, 0.3) is 5.91 Å². The average molecular weight is 528 g/mol. The van der Waals surface area contributed by atoms with Crippen molar-refractivity contribution in [2.45, 2.75) is 29.5 Å². The van der Waals surface area contributed by atoms with Crippen LogP contribution in [0.25, 0.3) is 0 Å². The summed E-state index contributed by atoms with van der Waals surface area (Å²) in [6.07, 6.45) is -0.239. The minimum absolute atomic E-state index is 0.137. The zero-order chi connectivity index (χ0) is 24.6. The van der Waals surface area contributed by atoms with Gasteiger partial charge in [-0.3, -0.25) is 24.7 Å². The Morgan fingerprint density at radius 2 is 2.15 bits per heavy atom. The number of amides is 3. The Bertz CT molecular complexity index is 1270. The summed E-state index contributed by atoms with van der Waals surface area (Å²) in [5.41, 5.74) is 5.67. The second-order valence-corrected chi connectivity index (χ2v) is 10.0. The number of nitrogens with one attached hydrogen (secondary N) is 2. The molecule has 1 fully saturated rings. The molecule has 0 radical (unpaired) electrons. The van der Waals surface area contributed by atoms with Crippen LogP contribution in [-0.4, -0.2) is 86.8 Å². The Kier molecular flexibility index (Phi) is 6.62. The molecular formula is C16H17N9O6S3. The van der Waals surface area contributed by atoms with Crippen LogP contribution in [-0.2, 0) is 32.1 Å². The van der Waals surface area contributed by atoms with E-state index in [1.54, 1.807) is 0 Å². The molecule has 6 N–H and O–H groups in total. The standard InChI is InChI=1S/C16H17N9O6S3/c17-8(26)2-23-16(20-21-22-23)34-4-6-3-32-13-10(12(28)24(13)11(6)14(29)30)19-9(27)1-7-5-33-15(18)25(7)31/h5,10,13,18,31H,1-4H2,(H2,17,26)(H,19,27)(H,29,30)/t10?,13-/m1/s1. The first-order valence-electron chi connectivity index (χ1n) is 9.47. The van der Waals surface area contributed by atoms with Crippen LogP contribution in [0.2, 0.25) is 0 Å². The van der Waals surface area contributed by atoms with Crippen molar-refractivity contribution in [3.05, 3.63) is 27.1 Å². The highest BCUT2D eigenvalue weighted by molar-refractivity contribution is 8.01. The van der Waals surface area contributed by atoms with E-state index in [1.165, 1.54) is 21.8 Å². The summed E-state index contributed by atoms with van der Waals surface area (Å²) in [6.45, 7) is -0.228. The highest BCUT2D eigenvalue weighted by Crippen LogP contribution is 2.41. The van der Waals surface area contributed by atoms with Crippen LogP contribution in [0.4, 0.5) is 0 Å². The van der Waals surface area contributed by atoms with Gasteiger partial charge in [-0.15, -0.1) is 28.2 Å². The van der Waals surface area contributed by atoms with E-state index in [2.05, 4.69) is 20.8 Å². The maximum atomic E-state index is 12.7. The van der Waals surface area contributed by atoms with Gasteiger partial charge in [-0.1, -0.05) is 11.8 Å². The molecule has 1 unspecified atom stereocenters. The molecule has 0 aromatic carbocycles. The van der Waals surface area contributed by atoms with E-state index in [0.29, 0.717) is 10.3 Å². The SMILES string of the molecule is N=c1scc(CC(=O)NC2C(=O)N3C(C(=O)O)=C(CSc4nnnn4CC(N)=O)CS[C@H]23)n1O. The molecule has 2 aromatic heterocycles. The molecule has 0 spiro atoms. The number of nitrogens with two attached hydrogens (primary N) is 1. The Labute approximate surface area is 202 Å². The van der Waals surface area contributed by atoms with E-state index in [0.717, 1.165) is 28.0 Å². The van der Waals surface area contributed by atoms with Crippen molar-refractivity contribution in [1.82, 2.24) is 35.2 Å². The van der Waals surface area contributed by atoms with Crippen molar-refractivity contribution in [2.75, 3.05) is 11.5 Å². The molecule has 2 aliphatic heterocycles. The second-order valence-electron chi connectivity index (χ2n) is 7.11. The van der Waals surface area contributed by atoms with Crippen LogP contribution >= 0.6 is 34.9 Å². The van der Waals surface area contributed by atoms with Gasteiger partial charge in [0.15, 0.2) is 0 Å². The molecule has 2 aromatic rings. The Morgan fingerprint density at radius 1 is 1.38 bits per heavy atom. The topological polar surface area (TPSA) is 222 Å². The predicted molar refractivity (Wildman–Crippen MR) is 116 cm³/mol. The third-order valence-electron chi connectivity index (χ3n) is 4.86. The first kappa shape index (κ1) is 23.8. The molecule has 2 aliphatic rings. The van der Waals surface area contributed by atoms with Gasteiger partial charge in [0, 0.05) is 16.9 Å². The molecule has 15 nitrogen and oxygen atoms in total. The Morgan fingerprint density at radius 3 is 2.79 bits per heavy atom. The van der Waals surface area contributed by atoms with Crippen molar-refractivity contribution in [3.8, 4) is 0 Å². The zero-order valence-electron chi connectivity index (χ0n) is 17.1. The third-order valence-corrected chi connectivity index (χ3v) is 8.03. The summed E-state index contributed by atoms with van der Waals surface area (Å²) < 4.78 is 1.78. The normalized spacial score (nSPS) is 19.5. The predicted octanol–water partition coefficient (Wildman–Crippen LogP) is -2.19. The lowest BCUT2D eigenvalue weighted by atomic mass is 10.0. The number of carbonyl (C=O) groups excluding carboxylic acids is 3. The van der Waals surface area contributed by atoms with E-state index in [-0.39, 0.29) is 45.8 Å². The average Bonchev–Trinajstić information content (AvgIpc) is 3.35. The van der Waals surface area contributed by atoms with Crippen LogP contribution in [0.1, 0.15) is 5.69 Å². The molecule has 18 heteroatoms. The number of carboxylic acids is 1. The van der Waals surface area contributed by atoms with Crippen LogP contribution < -0.4 is 15.9 Å². The van der Waals surface area contributed by atoms with Gasteiger partial charge in [-0.05, 0) is 16.0 Å². The molecule has 4 heterocycles. The molecular weight excluding hydrogens is 510 g/mol. The smallest absolute Gasteiger partial charge is 0.352 e. The monoisotopic (exact) mass is 527 g/mol. The van der Waals surface area contributed by atoms with Gasteiger partial charge in [-0.2, -0.15) is 4.73 Å². The van der Waals surface area contributed by atoms with Gasteiger partial charge in [-0.25, -0.2) is 9.48 Å². The molecule has 0 aliphatic carbocycles. The van der Waals surface area contributed by atoms with Crippen molar-refractivity contribution in [1.29, 1.82) is 5.41 Å². The van der Waals surface area contributed by atoms with Gasteiger partial charge < -0.3 is 21.4 Å². The molecule has 180 valence electrons. The lowest BCUT2D eigenvalue weighted by Crippen LogP contribution is -2.70. The summed E-state index contributed by atoms with van der Waals surface area (Å²) in [4.78, 5) is 49.2. The number of hydrogen-bond acceptors (Lipinski definition) is 12. The number of fused-ring (bicyclic) bond motifs is 1. The number of nitrogens with zero attached hydrogens (tertiary/aromatic N) is 6. The minimum atomic E-state index is -1.28. The fourth-order valence-electron chi connectivity index (χ4n) is 3.35. The summed E-state index contributed by atoms with van der Waals surface area (Å²) >= 11 is 3.36. The number of carbonyl (C=O) groups is 4. The van der Waals surface area contributed by atoms with Crippen molar-refractivity contribution in [2.24, 2.45) is 5.73 Å². The number of hydrogen-bond donors (Lipinski definition) is 5. The van der Waals surface area contributed by atoms with E-state index in [4.69, 9.17) is 11.1 Å². The Hall–Kier alpha value is -3.38. The number of thiazole rings is 1. The molecule has 4 rings (SSSR count). The quantitative estimate of drug-likeness (QED) is 0.134. The lowest BCUT2D eigenvalue weighted by molar-refractivity contribution is -0.150. The van der Waals surface area contributed by atoms with Gasteiger partial charge >= 0.3 is 5.97 Å². The molecule has 0 saturated carbocycles. The summed E-state index contributed by atoms with van der Waals surface area (Å²) in [5, 5.41) is 41.6. The molecule has 0 bridgehead atoms. The Balaban J connectivity index is 1.44. The number of β-lactam (4-membered cyclic amide) rings is 1. The highest BCUT2D eigenvalue weighted by Gasteiger charge is 2.54. The first-order chi connectivity index (χ1) is 16.2. The van der Waals surface area contributed by atoms with E-state index in [1.807, 2.05) is 0 Å². The zero-order valence-corrected chi connectivity index (χ0v) is 19.5. The molecule has 1 saturated heterocycles.